The number of carbonyl (C=O) groups is 1. The van der Waals surface area contributed by atoms with Crippen molar-refractivity contribution in [2.45, 2.75) is 18.9 Å². The van der Waals surface area contributed by atoms with Gasteiger partial charge in [-0.1, -0.05) is 36.9 Å². The Balaban J connectivity index is 1.92. The van der Waals surface area contributed by atoms with Crippen molar-refractivity contribution in [3.8, 4) is 0 Å². The zero-order chi connectivity index (χ0) is 12.4. The lowest BCUT2D eigenvalue weighted by molar-refractivity contribution is -0.104. The summed E-state index contributed by atoms with van der Waals surface area (Å²) in [5, 5.41) is 9.97. The Morgan fingerprint density at radius 1 is 1.35 bits per heavy atom. The first-order valence-corrected chi connectivity index (χ1v) is 5.61. The number of rotatable bonds is 3. The molecule has 0 unspecified atom stereocenters. The fraction of sp³-hybridized carbons (Fsp3) is 0.308. The smallest absolute Gasteiger partial charge is 0.338 e. The molecule has 1 saturated carbocycles. The molecule has 1 aliphatic carbocycles. The summed E-state index contributed by atoms with van der Waals surface area (Å²) >= 11 is 0. The van der Waals surface area contributed by atoms with Gasteiger partial charge < -0.3 is 5.73 Å². The Labute approximate surface area is 100 Å². The highest BCUT2D eigenvalue weighted by Gasteiger charge is 2.36. The molecule has 4 heteroatoms. The van der Waals surface area contributed by atoms with Crippen molar-refractivity contribution in [1.82, 2.24) is 5.06 Å². The van der Waals surface area contributed by atoms with Gasteiger partial charge in [-0.25, -0.2) is 9.86 Å². The van der Waals surface area contributed by atoms with Gasteiger partial charge in [0.25, 0.3) is 0 Å². The molecule has 0 aromatic heterocycles. The summed E-state index contributed by atoms with van der Waals surface area (Å²) < 4.78 is 0. The van der Waals surface area contributed by atoms with Crippen LogP contribution < -0.4 is 5.73 Å². The van der Waals surface area contributed by atoms with Crippen LogP contribution in [0.3, 0.4) is 0 Å². The number of urea groups is 1. The predicted octanol–water partition coefficient (Wildman–Crippen LogP) is 2.25. The molecule has 0 heterocycles. The second kappa shape index (κ2) is 4.59. The molecule has 4 nitrogen and oxygen atoms in total. The summed E-state index contributed by atoms with van der Waals surface area (Å²) in [4.78, 5) is 10.8. The summed E-state index contributed by atoms with van der Waals surface area (Å²) in [7, 11) is 0. The van der Waals surface area contributed by atoms with E-state index in [0.717, 1.165) is 11.1 Å². The Morgan fingerprint density at radius 3 is 2.47 bits per heavy atom. The monoisotopic (exact) mass is 232 g/mol. The number of nitrogens with two attached hydrogens (primary N) is 1. The second-order valence-corrected chi connectivity index (χ2v) is 4.40. The van der Waals surface area contributed by atoms with E-state index in [9.17, 15) is 10.0 Å². The average Bonchev–Trinajstić information content (AvgIpc) is 2.27. The Bertz CT molecular complexity index is 424. The fourth-order valence-electron chi connectivity index (χ4n) is 2.14. The molecular weight excluding hydrogens is 216 g/mol. The number of benzene rings is 1. The third kappa shape index (κ3) is 2.31. The molecule has 1 aromatic rings. The third-order valence-corrected chi connectivity index (χ3v) is 3.32. The number of primary amides is 1. The van der Waals surface area contributed by atoms with Gasteiger partial charge in [0.05, 0.1) is 6.04 Å². The average molecular weight is 232 g/mol. The van der Waals surface area contributed by atoms with Crippen LogP contribution in [-0.2, 0) is 0 Å². The maximum Gasteiger partial charge on any atom is 0.338 e. The van der Waals surface area contributed by atoms with Crippen LogP contribution in [0.1, 0.15) is 18.4 Å². The largest absolute Gasteiger partial charge is 0.350 e. The van der Waals surface area contributed by atoms with Gasteiger partial charge in [-0.05, 0) is 29.9 Å². The van der Waals surface area contributed by atoms with Crippen LogP contribution in [-0.4, -0.2) is 22.3 Å². The fourth-order valence-corrected chi connectivity index (χ4v) is 2.14. The van der Waals surface area contributed by atoms with E-state index >= 15 is 0 Å². The molecule has 0 bridgehead atoms. The zero-order valence-electron chi connectivity index (χ0n) is 9.54. The number of amides is 2. The highest BCUT2D eigenvalue weighted by Crippen LogP contribution is 2.39. The van der Waals surface area contributed by atoms with Crippen molar-refractivity contribution in [2.24, 2.45) is 11.7 Å². The Morgan fingerprint density at radius 2 is 1.94 bits per heavy atom. The van der Waals surface area contributed by atoms with Gasteiger partial charge in [0.2, 0.25) is 0 Å². The number of hydrogen-bond donors (Lipinski definition) is 2. The second-order valence-electron chi connectivity index (χ2n) is 4.40. The van der Waals surface area contributed by atoms with E-state index in [1.54, 1.807) is 0 Å². The van der Waals surface area contributed by atoms with Gasteiger partial charge in [-0.2, -0.15) is 0 Å². The van der Waals surface area contributed by atoms with E-state index in [2.05, 4.69) is 6.58 Å². The minimum absolute atomic E-state index is 0.169. The Kier molecular flexibility index (Phi) is 3.15. The number of hydrogen-bond acceptors (Lipinski definition) is 2. The maximum absolute atomic E-state index is 10.8. The van der Waals surface area contributed by atoms with Gasteiger partial charge in [-0.15, -0.1) is 0 Å². The molecule has 0 saturated heterocycles. The molecule has 0 aliphatic heterocycles. The molecular formula is C13H16N2O2. The number of nitrogens with zero attached hydrogens (tertiary/aromatic N) is 1. The van der Waals surface area contributed by atoms with Crippen molar-refractivity contribution in [2.75, 3.05) is 0 Å². The van der Waals surface area contributed by atoms with E-state index in [1.165, 1.54) is 0 Å². The van der Waals surface area contributed by atoms with E-state index in [0.29, 0.717) is 23.8 Å². The highest BCUT2D eigenvalue weighted by molar-refractivity contribution is 5.72. The summed E-state index contributed by atoms with van der Waals surface area (Å²) in [5.41, 5.74) is 7.16. The molecule has 1 aromatic carbocycles. The minimum Gasteiger partial charge on any atom is -0.350 e. The van der Waals surface area contributed by atoms with Crippen LogP contribution in [0.5, 0.6) is 0 Å². The van der Waals surface area contributed by atoms with Crippen molar-refractivity contribution in [3.63, 3.8) is 0 Å². The van der Waals surface area contributed by atoms with Gasteiger partial charge in [0.15, 0.2) is 0 Å². The molecule has 2 amide bonds. The summed E-state index contributed by atoms with van der Waals surface area (Å²) in [5.74, 6) is 0.316. The lowest BCUT2D eigenvalue weighted by Gasteiger charge is -2.39. The van der Waals surface area contributed by atoms with Crippen LogP contribution in [0.25, 0.3) is 5.57 Å². The topological polar surface area (TPSA) is 66.6 Å². The van der Waals surface area contributed by atoms with E-state index in [1.807, 2.05) is 30.3 Å². The van der Waals surface area contributed by atoms with Crippen LogP contribution in [0, 0.1) is 5.92 Å². The molecule has 0 radical (unpaired) electrons. The van der Waals surface area contributed by atoms with Gasteiger partial charge >= 0.3 is 6.03 Å². The standard InChI is InChI=1S/C13H16N2O2/c1-9(10-5-3-2-4-6-10)11-7-12(8-11)15(17)13(14)16/h2-6,11-12,17H,1,7-8H2,(H2,14,16)/t11-,12+. The van der Waals surface area contributed by atoms with Crippen LogP contribution in [0.15, 0.2) is 36.9 Å². The van der Waals surface area contributed by atoms with E-state index in [4.69, 9.17) is 5.73 Å². The van der Waals surface area contributed by atoms with E-state index < -0.39 is 6.03 Å². The SMILES string of the molecule is C=C(c1ccccc1)[C@H]1C[C@@H](N(O)C(N)=O)C1. The van der Waals surface area contributed by atoms with Crippen LogP contribution >= 0.6 is 0 Å². The molecule has 1 aliphatic rings. The number of hydroxylamine groups is 2. The third-order valence-electron chi connectivity index (χ3n) is 3.32. The first-order chi connectivity index (χ1) is 8.09. The summed E-state index contributed by atoms with van der Waals surface area (Å²) in [6.45, 7) is 4.07. The van der Waals surface area contributed by atoms with Crippen molar-refractivity contribution >= 4 is 11.6 Å². The molecule has 90 valence electrons. The maximum atomic E-state index is 10.8. The lowest BCUT2D eigenvalue weighted by Crippen LogP contribution is -2.48. The predicted molar refractivity (Wildman–Crippen MR) is 65.2 cm³/mol. The zero-order valence-corrected chi connectivity index (χ0v) is 9.54. The molecule has 2 rings (SSSR count). The summed E-state index contributed by atoms with van der Waals surface area (Å²) in [6, 6.07) is 8.97. The number of carbonyl (C=O) groups excluding carboxylic acids is 1. The van der Waals surface area contributed by atoms with Crippen LogP contribution in [0.2, 0.25) is 0 Å². The van der Waals surface area contributed by atoms with Crippen molar-refractivity contribution < 1.29 is 10.0 Å². The summed E-state index contributed by atoms with van der Waals surface area (Å²) in [6.07, 6.45) is 1.43. The van der Waals surface area contributed by atoms with Gasteiger partial charge in [-0.3, -0.25) is 5.21 Å². The molecule has 17 heavy (non-hydrogen) atoms. The van der Waals surface area contributed by atoms with Crippen LogP contribution in [0.4, 0.5) is 4.79 Å². The van der Waals surface area contributed by atoms with Crippen molar-refractivity contribution in [1.29, 1.82) is 0 Å². The molecule has 3 N–H and O–H groups in total. The highest BCUT2D eigenvalue weighted by atomic mass is 16.5. The Hall–Kier alpha value is -1.81. The molecule has 0 spiro atoms. The molecule has 0 atom stereocenters. The molecule has 1 fully saturated rings. The lowest BCUT2D eigenvalue weighted by atomic mass is 9.74. The normalized spacial score (nSPS) is 22.6. The van der Waals surface area contributed by atoms with Gasteiger partial charge in [0.1, 0.15) is 0 Å². The van der Waals surface area contributed by atoms with Crippen molar-refractivity contribution in [3.05, 3.63) is 42.5 Å². The first-order valence-electron chi connectivity index (χ1n) is 5.61. The quantitative estimate of drug-likeness (QED) is 0.620. The first kappa shape index (κ1) is 11.7. The number of allylic oxidation sites excluding steroid dienone is 1. The van der Waals surface area contributed by atoms with Gasteiger partial charge in [0, 0.05) is 0 Å². The van der Waals surface area contributed by atoms with E-state index in [-0.39, 0.29) is 6.04 Å². The minimum atomic E-state index is -0.793.